The summed E-state index contributed by atoms with van der Waals surface area (Å²) in [4.78, 5) is 0. The molecule has 0 amide bonds. The molecule has 0 aromatic carbocycles. The summed E-state index contributed by atoms with van der Waals surface area (Å²) in [5.41, 5.74) is 0. The average Bonchev–Trinajstić information content (AvgIpc) is 2.66. The maximum absolute atomic E-state index is 5.62. The molecule has 0 saturated heterocycles. The summed E-state index contributed by atoms with van der Waals surface area (Å²) in [6.45, 7) is 7.41. The Hall–Kier alpha value is 0.530. The molecule has 0 saturated carbocycles. The van der Waals surface area contributed by atoms with Crippen LogP contribution in [0.1, 0.15) is 25.7 Å². The maximum atomic E-state index is 5.62. The predicted octanol–water partition coefficient (Wildman–Crippen LogP) is 3.28. The van der Waals surface area contributed by atoms with Crippen molar-refractivity contribution in [3.05, 3.63) is 0 Å². The first-order valence-corrected chi connectivity index (χ1v) is 11.2. The molecule has 0 aliphatic carbocycles. The van der Waals surface area contributed by atoms with Crippen molar-refractivity contribution in [3.8, 4) is 0 Å². The molecule has 0 aromatic heterocycles. The molecule has 26 heavy (non-hydrogen) atoms. The third-order valence-electron chi connectivity index (χ3n) is 3.25. The predicted molar refractivity (Wildman–Crippen MR) is 108 cm³/mol. The van der Waals surface area contributed by atoms with Crippen LogP contribution >= 0.6 is 27.5 Å². The van der Waals surface area contributed by atoms with Crippen molar-refractivity contribution in [1.82, 2.24) is 0 Å². The molecule has 0 heterocycles. The fourth-order valence-corrected chi connectivity index (χ4v) is 2.33. The Kier molecular flexibility index (Phi) is 26.1. The van der Waals surface area contributed by atoms with Gasteiger partial charge in [0.1, 0.15) is 0 Å². The van der Waals surface area contributed by atoms with Crippen LogP contribution in [0.15, 0.2) is 0 Å². The first kappa shape index (κ1) is 26.5. The van der Waals surface area contributed by atoms with Gasteiger partial charge in [0.2, 0.25) is 0 Å². The Morgan fingerprint density at radius 3 is 1.15 bits per heavy atom. The zero-order chi connectivity index (χ0) is 19.0. The van der Waals surface area contributed by atoms with Gasteiger partial charge < -0.3 is 28.4 Å². The molecule has 0 aliphatic rings. The number of halogens is 2. The van der Waals surface area contributed by atoms with Gasteiger partial charge in [-0.05, 0) is 12.8 Å². The minimum atomic E-state index is 0.566. The van der Waals surface area contributed by atoms with E-state index in [0.29, 0.717) is 72.7 Å². The summed E-state index contributed by atoms with van der Waals surface area (Å²) >= 11 is 8.92. The number of unbranched alkanes of at least 4 members (excludes halogenated alkanes) is 3. The largest absolute Gasteiger partial charge is 0.379 e. The number of ether oxygens (including phenoxy) is 6. The number of rotatable bonds is 23. The first-order valence-electron chi connectivity index (χ1n) is 9.50. The highest BCUT2D eigenvalue weighted by molar-refractivity contribution is 9.09. The Bertz CT molecular complexity index is 228. The van der Waals surface area contributed by atoms with Gasteiger partial charge in [0, 0.05) is 17.8 Å². The highest BCUT2D eigenvalue weighted by atomic mass is 79.9. The van der Waals surface area contributed by atoms with Gasteiger partial charge in [0.25, 0.3) is 0 Å². The summed E-state index contributed by atoms with van der Waals surface area (Å²) in [5, 5.41) is 0.852. The molecule has 0 bridgehead atoms. The molecule has 0 N–H and O–H groups in total. The topological polar surface area (TPSA) is 55.4 Å². The third-order valence-corrected chi connectivity index (χ3v) is 3.84. The SMILES string of the molecule is ClCCCCCCOCCOCCOCCOCCOCCOCCBr. The third kappa shape index (κ3) is 24.5. The van der Waals surface area contributed by atoms with E-state index in [1.807, 2.05) is 0 Å². The van der Waals surface area contributed by atoms with Crippen LogP contribution in [0.3, 0.4) is 0 Å². The molecule has 0 radical (unpaired) electrons. The lowest BCUT2D eigenvalue weighted by Gasteiger charge is -2.08. The molecule has 0 unspecified atom stereocenters. The van der Waals surface area contributed by atoms with Crippen molar-refractivity contribution in [2.24, 2.45) is 0 Å². The molecule has 0 spiro atoms. The fraction of sp³-hybridized carbons (Fsp3) is 1.00. The number of hydrogen-bond donors (Lipinski definition) is 0. The van der Waals surface area contributed by atoms with Gasteiger partial charge in [-0.2, -0.15) is 0 Å². The maximum Gasteiger partial charge on any atom is 0.0701 e. The fourth-order valence-electron chi connectivity index (χ4n) is 1.91. The van der Waals surface area contributed by atoms with Crippen molar-refractivity contribution in [1.29, 1.82) is 0 Å². The van der Waals surface area contributed by atoms with Gasteiger partial charge in [0.15, 0.2) is 0 Å². The van der Waals surface area contributed by atoms with Crippen LogP contribution < -0.4 is 0 Å². The highest BCUT2D eigenvalue weighted by Crippen LogP contribution is 2.01. The molecule has 0 aromatic rings. The molecule has 158 valence electrons. The lowest BCUT2D eigenvalue weighted by molar-refractivity contribution is -0.0162. The van der Waals surface area contributed by atoms with E-state index >= 15 is 0 Å². The van der Waals surface area contributed by atoms with Gasteiger partial charge in [-0.15, -0.1) is 11.6 Å². The van der Waals surface area contributed by atoms with Gasteiger partial charge in [-0.3, -0.25) is 0 Å². The van der Waals surface area contributed by atoms with Crippen LogP contribution in [0.25, 0.3) is 0 Å². The molecule has 6 nitrogen and oxygen atoms in total. The van der Waals surface area contributed by atoms with Crippen LogP contribution in [-0.4, -0.2) is 90.5 Å². The summed E-state index contributed by atoms with van der Waals surface area (Å²) in [6, 6.07) is 0. The van der Waals surface area contributed by atoms with Crippen molar-refractivity contribution in [2.45, 2.75) is 25.7 Å². The van der Waals surface area contributed by atoms with E-state index < -0.39 is 0 Å². The van der Waals surface area contributed by atoms with E-state index in [9.17, 15) is 0 Å². The summed E-state index contributed by atoms with van der Waals surface area (Å²) in [7, 11) is 0. The smallest absolute Gasteiger partial charge is 0.0701 e. The Labute approximate surface area is 172 Å². The van der Waals surface area contributed by atoms with E-state index in [0.717, 1.165) is 30.7 Å². The molecular formula is C18H36BrClO6. The Morgan fingerprint density at radius 1 is 0.423 bits per heavy atom. The first-order chi connectivity index (χ1) is 12.9. The van der Waals surface area contributed by atoms with E-state index in [4.69, 9.17) is 40.0 Å². The molecule has 8 heteroatoms. The van der Waals surface area contributed by atoms with Crippen LogP contribution in [0.4, 0.5) is 0 Å². The van der Waals surface area contributed by atoms with Gasteiger partial charge >= 0.3 is 0 Å². The van der Waals surface area contributed by atoms with E-state index in [-0.39, 0.29) is 0 Å². The number of alkyl halides is 2. The van der Waals surface area contributed by atoms with E-state index in [1.54, 1.807) is 0 Å². The minimum Gasteiger partial charge on any atom is -0.379 e. The molecular weight excluding hydrogens is 428 g/mol. The van der Waals surface area contributed by atoms with Gasteiger partial charge in [-0.25, -0.2) is 0 Å². The van der Waals surface area contributed by atoms with Crippen LogP contribution in [0, 0.1) is 0 Å². The lowest BCUT2D eigenvalue weighted by Crippen LogP contribution is -2.14. The van der Waals surface area contributed by atoms with Gasteiger partial charge in [-0.1, -0.05) is 28.8 Å². The monoisotopic (exact) mass is 462 g/mol. The summed E-state index contributed by atoms with van der Waals surface area (Å²) in [5.74, 6) is 0.755. The quantitative estimate of drug-likeness (QED) is 0.171. The zero-order valence-electron chi connectivity index (χ0n) is 15.9. The van der Waals surface area contributed by atoms with Crippen molar-refractivity contribution < 1.29 is 28.4 Å². The minimum absolute atomic E-state index is 0.566. The normalized spacial score (nSPS) is 11.3. The average molecular weight is 464 g/mol. The summed E-state index contributed by atoms with van der Waals surface area (Å²) < 4.78 is 32.4. The molecule has 0 rings (SSSR count). The van der Waals surface area contributed by atoms with Crippen molar-refractivity contribution >= 4 is 27.5 Å². The molecule has 0 fully saturated rings. The van der Waals surface area contributed by atoms with E-state index in [2.05, 4.69) is 15.9 Å². The van der Waals surface area contributed by atoms with Crippen LogP contribution in [0.5, 0.6) is 0 Å². The second kappa shape index (κ2) is 25.5. The molecule has 0 aliphatic heterocycles. The van der Waals surface area contributed by atoms with E-state index in [1.165, 1.54) is 12.8 Å². The van der Waals surface area contributed by atoms with Gasteiger partial charge in [0.05, 0.1) is 72.7 Å². The lowest BCUT2D eigenvalue weighted by atomic mass is 10.2. The molecule has 0 atom stereocenters. The second-order valence-electron chi connectivity index (χ2n) is 5.47. The second-order valence-corrected chi connectivity index (χ2v) is 6.64. The highest BCUT2D eigenvalue weighted by Gasteiger charge is 1.94. The van der Waals surface area contributed by atoms with Crippen LogP contribution in [0.2, 0.25) is 0 Å². The van der Waals surface area contributed by atoms with Crippen LogP contribution in [-0.2, 0) is 28.4 Å². The standard InChI is InChI=1S/C18H36BrClO6/c19-5-8-22-10-12-24-14-16-26-18-17-25-15-13-23-11-9-21-7-4-2-1-3-6-20/h1-18H2. The Balaban J connectivity index is 2.95. The Morgan fingerprint density at radius 2 is 0.769 bits per heavy atom. The van der Waals surface area contributed by atoms with Crippen molar-refractivity contribution in [2.75, 3.05) is 90.5 Å². The zero-order valence-corrected chi connectivity index (χ0v) is 18.3. The number of hydrogen-bond acceptors (Lipinski definition) is 6. The summed E-state index contributed by atoms with van der Waals surface area (Å²) in [6.07, 6.45) is 4.55. The van der Waals surface area contributed by atoms with Crippen molar-refractivity contribution in [3.63, 3.8) is 0 Å².